The molecule has 5 nitrogen and oxygen atoms in total. The van der Waals surface area contributed by atoms with Gasteiger partial charge in [0.25, 0.3) is 0 Å². The third-order valence-corrected chi connectivity index (χ3v) is 4.70. The van der Waals surface area contributed by atoms with Crippen molar-refractivity contribution in [3.8, 4) is 0 Å². The van der Waals surface area contributed by atoms with E-state index in [2.05, 4.69) is 0 Å². The number of ether oxygens (including phenoxy) is 1. The number of halogens is 2. The van der Waals surface area contributed by atoms with Crippen LogP contribution in [-0.2, 0) is 16.0 Å². The van der Waals surface area contributed by atoms with Gasteiger partial charge in [0.05, 0.1) is 21.6 Å². The highest BCUT2D eigenvalue weighted by molar-refractivity contribution is 6.42. The monoisotopic (exact) mass is 372 g/mol. The van der Waals surface area contributed by atoms with Gasteiger partial charge in [-0.05, 0) is 51.3 Å². The fraction of sp³-hybridized carbons (Fsp3) is 0.529. The second-order valence-electron chi connectivity index (χ2n) is 6.98. The molecule has 1 aromatic rings. The molecule has 1 saturated heterocycles. The highest BCUT2D eigenvalue weighted by Crippen LogP contribution is 2.35. The lowest BCUT2D eigenvalue weighted by atomic mass is 9.88. The molecular formula is C17H20Cl2NO4-. The van der Waals surface area contributed by atoms with Gasteiger partial charge in [-0.25, -0.2) is 4.79 Å². The molecule has 0 unspecified atom stereocenters. The SMILES string of the molecule is CC(C)(C)OC(=O)N1CCC[C@@]1(Cc1ccc(Cl)c(Cl)c1)C(=O)[O-]. The van der Waals surface area contributed by atoms with Crippen LogP contribution < -0.4 is 5.11 Å². The molecule has 132 valence electrons. The van der Waals surface area contributed by atoms with E-state index in [1.807, 2.05) is 0 Å². The Labute approximate surface area is 151 Å². The van der Waals surface area contributed by atoms with Gasteiger partial charge in [0.1, 0.15) is 5.60 Å². The van der Waals surface area contributed by atoms with E-state index in [9.17, 15) is 14.7 Å². The minimum Gasteiger partial charge on any atom is -0.548 e. The Balaban J connectivity index is 2.33. The molecule has 1 aromatic carbocycles. The van der Waals surface area contributed by atoms with Gasteiger partial charge in [-0.2, -0.15) is 0 Å². The van der Waals surface area contributed by atoms with Crippen molar-refractivity contribution in [1.29, 1.82) is 0 Å². The van der Waals surface area contributed by atoms with Crippen LogP contribution in [0.15, 0.2) is 18.2 Å². The van der Waals surface area contributed by atoms with Crippen molar-refractivity contribution >= 4 is 35.3 Å². The van der Waals surface area contributed by atoms with Crippen LogP contribution in [0.5, 0.6) is 0 Å². The lowest BCUT2D eigenvalue weighted by molar-refractivity contribution is -0.317. The lowest BCUT2D eigenvalue weighted by Crippen LogP contribution is -2.60. The maximum atomic E-state index is 12.5. The molecule has 0 aromatic heterocycles. The van der Waals surface area contributed by atoms with Crippen molar-refractivity contribution < 1.29 is 19.4 Å². The molecule has 2 rings (SSSR count). The smallest absolute Gasteiger partial charge is 0.411 e. The molecule has 1 aliphatic heterocycles. The standard InChI is InChI=1S/C17H21Cl2NO4/c1-16(2,3)24-15(23)20-8-4-7-17(20,14(21)22)10-11-5-6-12(18)13(19)9-11/h5-6,9H,4,7-8,10H2,1-3H3,(H,21,22)/p-1/t17-/m1/s1. The number of amides is 1. The van der Waals surface area contributed by atoms with Gasteiger partial charge in [-0.15, -0.1) is 0 Å². The number of likely N-dealkylation sites (tertiary alicyclic amines) is 1. The number of carbonyl (C=O) groups is 2. The molecule has 24 heavy (non-hydrogen) atoms. The molecule has 1 amide bonds. The van der Waals surface area contributed by atoms with Crippen molar-refractivity contribution in [2.24, 2.45) is 0 Å². The van der Waals surface area contributed by atoms with Crippen LogP contribution in [0.25, 0.3) is 0 Å². The lowest BCUT2D eigenvalue weighted by Gasteiger charge is -2.40. The summed E-state index contributed by atoms with van der Waals surface area (Å²) in [6.07, 6.45) is 0.304. The number of hydrogen-bond acceptors (Lipinski definition) is 4. The van der Waals surface area contributed by atoms with Crippen LogP contribution in [0, 0.1) is 0 Å². The molecule has 0 bridgehead atoms. The Bertz CT molecular complexity index is 656. The van der Waals surface area contributed by atoms with E-state index in [-0.39, 0.29) is 6.42 Å². The highest BCUT2D eigenvalue weighted by Gasteiger charge is 2.46. The summed E-state index contributed by atoms with van der Waals surface area (Å²) in [4.78, 5) is 25.7. The second kappa shape index (κ2) is 6.81. The molecule has 0 N–H and O–H groups in total. The third kappa shape index (κ3) is 3.95. The predicted octanol–water partition coefficient (Wildman–Crippen LogP) is 3.06. The van der Waals surface area contributed by atoms with E-state index in [0.29, 0.717) is 35.0 Å². The number of carboxylic acid groups (broad SMARTS) is 1. The summed E-state index contributed by atoms with van der Waals surface area (Å²) in [6, 6.07) is 4.92. The first-order chi connectivity index (χ1) is 11.0. The zero-order valence-corrected chi connectivity index (χ0v) is 15.4. The molecule has 1 aliphatic rings. The summed E-state index contributed by atoms with van der Waals surface area (Å²) in [5, 5.41) is 12.7. The first kappa shape index (κ1) is 18.9. The number of hydrogen-bond donors (Lipinski definition) is 0. The average molecular weight is 373 g/mol. The Morgan fingerprint density at radius 2 is 1.96 bits per heavy atom. The number of aliphatic carboxylic acids is 1. The second-order valence-corrected chi connectivity index (χ2v) is 7.79. The quantitative estimate of drug-likeness (QED) is 0.817. The number of benzene rings is 1. The highest BCUT2D eigenvalue weighted by atomic mass is 35.5. The molecule has 0 saturated carbocycles. The molecule has 0 spiro atoms. The zero-order chi connectivity index (χ0) is 18.1. The van der Waals surface area contributed by atoms with Gasteiger partial charge >= 0.3 is 6.09 Å². The summed E-state index contributed by atoms with van der Waals surface area (Å²) < 4.78 is 5.36. The fourth-order valence-electron chi connectivity index (χ4n) is 2.92. The van der Waals surface area contributed by atoms with Crippen LogP contribution in [0.4, 0.5) is 4.79 Å². The third-order valence-electron chi connectivity index (χ3n) is 3.96. The molecule has 0 aliphatic carbocycles. The van der Waals surface area contributed by atoms with E-state index in [1.54, 1.807) is 39.0 Å². The van der Waals surface area contributed by atoms with Crippen LogP contribution >= 0.6 is 23.2 Å². The van der Waals surface area contributed by atoms with Crippen molar-refractivity contribution in [2.45, 2.75) is 51.2 Å². The Morgan fingerprint density at radius 3 is 2.50 bits per heavy atom. The Morgan fingerprint density at radius 1 is 1.29 bits per heavy atom. The predicted molar refractivity (Wildman–Crippen MR) is 90.1 cm³/mol. The fourth-order valence-corrected chi connectivity index (χ4v) is 3.24. The van der Waals surface area contributed by atoms with E-state index in [4.69, 9.17) is 27.9 Å². The number of carboxylic acids is 1. The zero-order valence-electron chi connectivity index (χ0n) is 13.9. The molecule has 1 fully saturated rings. The summed E-state index contributed by atoms with van der Waals surface area (Å²) >= 11 is 11.9. The summed E-state index contributed by atoms with van der Waals surface area (Å²) in [5.41, 5.74) is -1.48. The van der Waals surface area contributed by atoms with Crippen LogP contribution in [0.2, 0.25) is 10.0 Å². The van der Waals surface area contributed by atoms with Gasteiger partial charge in [0.2, 0.25) is 0 Å². The van der Waals surface area contributed by atoms with Gasteiger partial charge in [-0.1, -0.05) is 29.3 Å². The van der Waals surface area contributed by atoms with Gasteiger partial charge < -0.3 is 14.6 Å². The molecule has 1 heterocycles. The van der Waals surface area contributed by atoms with E-state index >= 15 is 0 Å². The van der Waals surface area contributed by atoms with Crippen molar-refractivity contribution in [1.82, 2.24) is 4.90 Å². The molecular weight excluding hydrogens is 353 g/mol. The normalized spacial score (nSPS) is 21.0. The number of carbonyl (C=O) groups excluding carboxylic acids is 2. The number of nitrogens with zero attached hydrogens (tertiary/aromatic N) is 1. The van der Waals surface area contributed by atoms with Crippen molar-refractivity contribution in [3.63, 3.8) is 0 Å². The molecule has 7 heteroatoms. The Kier molecular flexibility index (Phi) is 5.35. The summed E-state index contributed by atoms with van der Waals surface area (Å²) in [6.45, 7) is 5.52. The van der Waals surface area contributed by atoms with E-state index in [0.717, 1.165) is 0 Å². The first-order valence-electron chi connectivity index (χ1n) is 7.71. The Hall–Kier alpha value is -1.46. The van der Waals surface area contributed by atoms with E-state index in [1.165, 1.54) is 4.90 Å². The van der Waals surface area contributed by atoms with Gasteiger partial charge in [0.15, 0.2) is 0 Å². The minimum absolute atomic E-state index is 0.0888. The topological polar surface area (TPSA) is 69.7 Å². The van der Waals surface area contributed by atoms with Gasteiger partial charge in [-0.3, -0.25) is 4.90 Å². The first-order valence-corrected chi connectivity index (χ1v) is 8.47. The summed E-state index contributed by atoms with van der Waals surface area (Å²) in [5.74, 6) is -1.29. The maximum absolute atomic E-state index is 12.5. The average Bonchev–Trinajstić information content (AvgIpc) is 2.86. The van der Waals surface area contributed by atoms with Crippen molar-refractivity contribution in [3.05, 3.63) is 33.8 Å². The van der Waals surface area contributed by atoms with Crippen LogP contribution in [0.1, 0.15) is 39.2 Å². The van der Waals surface area contributed by atoms with Crippen LogP contribution in [-0.4, -0.2) is 34.6 Å². The maximum Gasteiger partial charge on any atom is 0.411 e. The van der Waals surface area contributed by atoms with Crippen LogP contribution in [0.3, 0.4) is 0 Å². The number of rotatable bonds is 3. The van der Waals surface area contributed by atoms with Gasteiger partial charge in [0, 0.05) is 13.0 Å². The van der Waals surface area contributed by atoms with Crippen molar-refractivity contribution in [2.75, 3.05) is 6.54 Å². The molecule has 0 radical (unpaired) electrons. The minimum atomic E-state index is -1.44. The molecule has 1 atom stereocenters. The summed E-state index contributed by atoms with van der Waals surface area (Å²) in [7, 11) is 0. The largest absolute Gasteiger partial charge is 0.548 e. The van der Waals surface area contributed by atoms with E-state index < -0.39 is 23.2 Å².